The summed E-state index contributed by atoms with van der Waals surface area (Å²) in [5, 5.41) is 11.0. The van der Waals surface area contributed by atoms with Crippen LogP contribution in [-0.4, -0.2) is 58.5 Å². The van der Waals surface area contributed by atoms with Gasteiger partial charge in [0.25, 0.3) is 5.91 Å². The molecule has 136 valence electrons. The molecule has 1 atom stereocenters. The lowest BCUT2D eigenvalue weighted by Gasteiger charge is -2.17. The standard InChI is InChI=1S/C15H26N4O3S2/c1-12(7-11-24(3,21)22)19-15(16-2)18-9-5-8-17-14(20)13-6-4-10-23-13/h4,6,10,12H,5,7-9,11H2,1-3H3,(H,17,20)(H2,16,18,19). The van der Waals surface area contributed by atoms with Gasteiger partial charge >= 0.3 is 0 Å². The van der Waals surface area contributed by atoms with Gasteiger partial charge in [-0.1, -0.05) is 6.07 Å². The average molecular weight is 375 g/mol. The maximum absolute atomic E-state index is 11.8. The molecule has 0 bridgehead atoms. The largest absolute Gasteiger partial charge is 0.356 e. The molecule has 0 aliphatic heterocycles. The minimum atomic E-state index is -2.95. The lowest BCUT2D eigenvalue weighted by molar-refractivity contribution is 0.0957. The van der Waals surface area contributed by atoms with Crippen molar-refractivity contribution in [2.75, 3.05) is 32.1 Å². The van der Waals surface area contributed by atoms with Gasteiger partial charge in [-0.05, 0) is 31.2 Å². The van der Waals surface area contributed by atoms with Crippen molar-refractivity contribution in [2.24, 2.45) is 4.99 Å². The molecule has 0 aliphatic rings. The van der Waals surface area contributed by atoms with Crippen LogP contribution in [0.4, 0.5) is 0 Å². The number of amides is 1. The third kappa shape index (κ3) is 8.88. The van der Waals surface area contributed by atoms with Crippen LogP contribution in [0.15, 0.2) is 22.5 Å². The van der Waals surface area contributed by atoms with E-state index in [9.17, 15) is 13.2 Å². The predicted molar refractivity (Wildman–Crippen MR) is 99.6 cm³/mol. The molecule has 1 unspecified atom stereocenters. The zero-order valence-corrected chi connectivity index (χ0v) is 16.0. The molecule has 24 heavy (non-hydrogen) atoms. The van der Waals surface area contributed by atoms with Crippen molar-refractivity contribution in [1.29, 1.82) is 0 Å². The van der Waals surface area contributed by atoms with Crippen LogP contribution in [0.2, 0.25) is 0 Å². The summed E-state index contributed by atoms with van der Waals surface area (Å²) in [6, 6.07) is 3.65. The van der Waals surface area contributed by atoms with E-state index in [1.54, 1.807) is 13.1 Å². The summed E-state index contributed by atoms with van der Waals surface area (Å²) in [6.45, 7) is 3.15. The molecule has 7 nitrogen and oxygen atoms in total. The Kier molecular flexibility index (Phi) is 8.77. The first-order valence-electron chi connectivity index (χ1n) is 7.78. The molecule has 0 saturated carbocycles. The van der Waals surface area contributed by atoms with Crippen LogP contribution in [0.5, 0.6) is 0 Å². The van der Waals surface area contributed by atoms with Crippen LogP contribution in [-0.2, 0) is 9.84 Å². The van der Waals surface area contributed by atoms with Crippen molar-refractivity contribution in [2.45, 2.75) is 25.8 Å². The highest BCUT2D eigenvalue weighted by Crippen LogP contribution is 2.07. The van der Waals surface area contributed by atoms with Gasteiger partial charge in [-0.3, -0.25) is 9.79 Å². The number of nitrogens with zero attached hydrogens (tertiary/aromatic N) is 1. The van der Waals surface area contributed by atoms with Crippen LogP contribution in [0.1, 0.15) is 29.4 Å². The number of hydrogen-bond acceptors (Lipinski definition) is 5. The number of rotatable bonds is 9. The maximum Gasteiger partial charge on any atom is 0.261 e. The Bertz CT molecular complexity index is 627. The van der Waals surface area contributed by atoms with E-state index in [0.29, 0.717) is 30.3 Å². The van der Waals surface area contributed by atoms with Crippen LogP contribution >= 0.6 is 11.3 Å². The molecule has 1 aromatic rings. The van der Waals surface area contributed by atoms with E-state index in [2.05, 4.69) is 20.9 Å². The summed E-state index contributed by atoms with van der Waals surface area (Å²) in [7, 11) is -1.29. The third-order valence-corrected chi connectivity index (χ3v) is 5.05. The Morgan fingerprint density at radius 1 is 1.33 bits per heavy atom. The minimum Gasteiger partial charge on any atom is -0.356 e. The van der Waals surface area contributed by atoms with E-state index in [0.717, 1.165) is 6.42 Å². The third-order valence-electron chi connectivity index (χ3n) is 3.20. The van der Waals surface area contributed by atoms with E-state index in [1.165, 1.54) is 17.6 Å². The molecule has 0 saturated heterocycles. The smallest absolute Gasteiger partial charge is 0.261 e. The van der Waals surface area contributed by atoms with Crippen molar-refractivity contribution in [1.82, 2.24) is 16.0 Å². The van der Waals surface area contributed by atoms with Gasteiger partial charge in [0.15, 0.2) is 5.96 Å². The Morgan fingerprint density at radius 3 is 2.62 bits per heavy atom. The second-order valence-electron chi connectivity index (χ2n) is 5.55. The topological polar surface area (TPSA) is 99.7 Å². The average Bonchev–Trinajstić information content (AvgIpc) is 3.05. The number of hydrogen-bond donors (Lipinski definition) is 3. The summed E-state index contributed by atoms with van der Waals surface area (Å²) in [5.74, 6) is 0.717. The van der Waals surface area contributed by atoms with Gasteiger partial charge < -0.3 is 16.0 Å². The Labute approximate surface area is 147 Å². The molecule has 1 heterocycles. The summed E-state index contributed by atoms with van der Waals surface area (Å²) in [6.07, 6.45) is 2.52. The number of nitrogens with one attached hydrogen (secondary N) is 3. The monoisotopic (exact) mass is 374 g/mol. The Hall–Kier alpha value is -1.61. The first-order chi connectivity index (χ1) is 11.3. The Balaban J connectivity index is 2.19. The zero-order valence-electron chi connectivity index (χ0n) is 14.3. The van der Waals surface area contributed by atoms with Gasteiger partial charge in [-0.25, -0.2) is 8.42 Å². The molecule has 3 N–H and O–H groups in total. The van der Waals surface area contributed by atoms with E-state index in [-0.39, 0.29) is 17.7 Å². The summed E-state index contributed by atoms with van der Waals surface area (Å²) >= 11 is 1.42. The van der Waals surface area contributed by atoms with Gasteiger partial charge in [-0.2, -0.15) is 0 Å². The number of carbonyl (C=O) groups excluding carboxylic acids is 1. The van der Waals surface area contributed by atoms with E-state index < -0.39 is 9.84 Å². The number of thiophene rings is 1. The fourth-order valence-electron chi connectivity index (χ4n) is 1.88. The highest BCUT2D eigenvalue weighted by atomic mass is 32.2. The number of sulfone groups is 1. The molecule has 0 aliphatic carbocycles. The van der Waals surface area contributed by atoms with Crippen molar-refractivity contribution in [3.63, 3.8) is 0 Å². The molecule has 0 radical (unpaired) electrons. The number of aliphatic imine (C=N–C) groups is 1. The van der Waals surface area contributed by atoms with Gasteiger partial charge in [0.2, 0.25) is 0 Å². The molecule has 0 spiro atoms. The first kappa shape index (κ1) is 20.4. The molecule has 9 heteroatoms. The normalized spacial score (nSPS) is 13.4. The van der Waals surface area contributed by atoms with Crippen LogP contribution in [0, 0.1) is 0 Å². The van der Waals surface area contributed by atoms with Crippen molar-refractivity contribution in [3.05, 3.63) is 22.4 Å². The number of guanidine groups is 1. The summed E-state index contributed by atoms with van der Waals surface area (Å²) in [5.41, 5.74) is 0. The van der Waals surface area contributed by atoms with Crippen molar-refractivity contribution < 1.29 is 13.2 Å². The van der Waals surface area contributed by atoms with Gasteiger partial charge in [0, 0.05) is 32.4 Å². The fraction of sp³-hybridized carbons (Fsp3) is 0.600. The number of carbonyl (C=O) groups is 1. The highest BCUT2D eigenvalue weighted by molar-refractivity contribution is 7.90. The molecular formula is C15H26N4O3S2. The van der Waals surface area contributed by atoms with Crippen LogP contribution in [0.3, 0.4) is 0 Å². The lowest BCUT2D eigenvalue weighted by atomic mass is 10.3. The molecule has 1 amide bonds. The van der Waals surface area contributed by atoms with Crippen LogP contribution < -0.4 is 16.0 Å². The SMILES string of the molecule is CN=C(NCCCNC(=O)c1cccs1)NC(C)CCS(C)(=O)=O. The molecule has 0 fully saturated rings. The second-order valence-corrected chi connectivity index (χ2v) is 8.76. The van der Waals surface area contributed by atoms with Crippen molar-refractivity contribution in [3.8, 4) is 0 Å². The van der Waals surface area contributed by atoms with Gasteiger partial charge in [0.1, 0.15) is 9.84 Å². The maximum atomic E-state index is 11.8. The summed E-state index contributed by atoms with van der Waals surface area (Å²) < 4.78 is 22.3. The lowest BCUT2D eigenvalue weighted by Crippen LogP contribution is -2.43. The second kappa shape index (κ2) is 10.3. The van der Waals surface area contributed by atoms with Gasteiger partial charge in [-0.15, -0.1) is 11.3 Å². The van der Waals surface area contributed by atoms with Crippen LogP contribution in [0.25, 0.3) is 0 Å². The minimum absolute atomic E-state index is 0.00413. The molecular weight excluding hydrogens is 348 g/mol. The Morgan fingerprint density at radius 2 is 2.04 bits per heavy atom. The zero-order chi connectivity index (χ0) is 18.0. The first-order valence-corrected chi connectivity index (χ1v) is 10.7. The fourth-order valence-corrected chi connectivity index (χ4v) is 3.30. The van der Waals surface area contributed by atoms with E-state index in [1.807, 2.05) is 18.4 Å². The molecule has 1 rings (SSSR count). The van der Waals surface area contributed by atoms with Gasteiger partial charge in [0.05, 0.1) is 10.6 Å². The van der Waals surface area contributed by atoms with E-state index in [4.69, 9.17) is 0 Å². The predicted octanol–water partition coefficient (Wildman–Crippen LogP) is 0.856. The van der Waals surface area contributed by atoms with E-state index >= 15 is 0 Å². The highest BCUT2D eigenvalue weighted by Gasteiger charge is 2.09. The molecule has 0 aromatic carbocycles. The molecule has 1 aromatic heterocycles. The van der Waals surface area contributed by atoms with Crippen molar-refractivity contribution >= 4 is 33.0 Å². The summed E-state index contributed by atoms with van der Waals surface area (Å²) in [4.78, 5) is 16.6. The quantitative estimate of drug-likeness (QED) is 0.338.